The third kappa shape index (κ3) is 3.82. The Morgan fingerprint density at radius 1 is 1.00 bits per heavy atom. The fraction of sp³-hybridized carbons (Fsp3) is 0.263. The van der Waals surface area contributed by atoms with Crippen LogP contribution in [0.1, 0.15) is 27.6 Å². The van der Waals surface area contributed by atoms with Crippen molar-refractivity contribution in [2.45, 2.75) is 6.92 Å². The van der Waals surface area contributed by atoms with Crippen LogP contribution >= 0.6 is 11.6 Å². The van der Waals surface area contributed by atoms with Crippen LogP contribution in [0.25, 0.3) is 0 Å². The van der Waals surface area contributed by atoms with E-state index in [1.165, 1.54) is 13.0 Å². The molecule has 130 valence electrons. The lowest BCUT2D eigenvalue weighted by atomic mass is 10.1. The van der Waals surface area contributed by atoms with E-state index >= 15 is 0 Å². The van der Waals surface area contributed by atoms with Crippen molar-refractivity contribution in [3.63, 3.8) is 0 Å². The molecule has 4 nitrogen and oxygen atoms in total. The van der Waals surface area contributed by atoms with Crippen LogP contribution in [-0.4, -0.2) is 42.8 Å². The molecule has 1 heterocycles. The minimum Gasteiger partial charge on any atom is -0.366 e. The fourth-order valence-electron chi connectivity index (χ4n) is 2.94. The Kier molecular flexibility index (Phi) is 5.04. The van der Waals surface area contributed by atoms with Gasteiger partial charge in [-0.25, -0.2) is 4.39 Å². The van der Waals surface area contributed by atoms with Gasteiger partial charge in [-0.2, -0.15) is 0 Å². The highest BCUT2D eigenvalue weighted by Gasteiger charge is 2.24. The molecule has 25 heavy (non-hydrogen) atoms. The van der Waals surface area contributed by atoms with Gasteiger partial charge in [0.1, 0.15) is 5.82 Å². The Morgan fingerprint density at radius 2 is 1.72 bits per heavy atom. The third-order valence-electron chi connectivity index (χ3n) is 4.33. The first-order valence-corrected chi connectivity index (χ1v) is 8.44. The number of amides is 1. The molecule has 3 rings (SSSR count). The van der Waals surface area contributed by atoms with E-state index in [0.29, 0.717) is 48.0 Å². The molecule has 0 atom stereocenters. The Labute approximate surface area is 150 Å². The van der Waals surface area contributed by atoms with Gasteiger partial charge < -0.3 is 9.80 Å². The lowest BCUT2D eigenvalue weighted by molar-refractivity contribution is 0.0746. The van der Waals surface area contributed by atoms with Crippen molar-refractivity contribution in [2.24, 2.45) is 0 Å². The number of nitrogens with zero attached hydrogens (tertiary/aromatic N) is 2. The second kappa shape index (κ2) is 7.23. The molecule has 1 aliphatic heterocycles. The van der Waals surface area contributed by atoms with Gasteiger partial charge in [0.25, 0.3) is 5.91 Å². The molecule has 1 aliphatic rings. The maximum absolute atomic E-state index is 14.3. The molecule has 1 saturated heterocycles. The number of anilines is 1. The summed E-state index contributed by atoms with van der Waals surface area (Å²) in [4.78, 5) is 27.5. The third-order valence-corrected chi connectivity index (χ3v) is 4.57. The molecule has 0 unspecified atom stereocenters. The van der Waals surface area contributed by atoms with Gasteiger partial charge in [0.15, 0.2) is 5.78 Å². The second-order valence-corrected chi connectivity index (χ2v) is 6.45. The van der Waals surface area contributed by atoms with Gasteiger partial charge >= 0.3 is 0 Å². The SMILES string of the molecule is CC(=O)c1ccc(N2CCN(C(=O)c3cccc(Cl)c3)CC2)c(F)c1. The molecule has 0 aliphatic carbocycles. The molecule has 2 aromatic rings. The maximum Gasteiger partial charge on any atom is 0.254 e. The second-order valence-electron chi connectivity index (χ2n) is 6.01. The summed E-state index contributed by atoms with van der Waals surface area (Å²) in [5, 5.41) is 0.525. The molecule has 0 saturated carbocycles. The van der Waals surface area contributed by atoms with Crippen LogP contribution in [0.5, 0.6) is 0 Å². The predicted molar refractivity (Wildman–Crippen MR) is 96.0 cm³/mol. The van der Waals surface area contributed by atoms with E-state index in [9.17, 15) is 14.0 Å². The summed E-state index contributed by atoms with van der Waals surface area (Å²) in [5.74, 6) is -0.653. The monoisotopic (exact) mass is 360 g/mol. The number of piperazine rings is 1. The molecular formula is C19H18ClFN2O2. The summed E-state index contributed by atoms with van der Waals surface area (Å²) in [7, 11) is 0. The van der Waals surface area contributed by atoms with E-state index in [1.54, 1.807) is 41.3 Å². The zero-order chi connectivity index (χ0) is 18.0. The van der Waals surface area contributed by atoms with Crippen molar-refractivity contribution in [3.8, 4) is 0 Å². The van der Waals surface area contributed by atoms with Crippen LogP contribution in [0.15, 0.2) is 42.5 Å². The maximum atomic E-state index is 14.3. The molecule has 1 amide bonds. The lowest BCUT2D eigenvalue weighted by Gasteiger charge is -2.36. The zero-order valence-electron chi connectivity index (χ0n) is 13.8. The summed E-state index contributed by atoms with van der Waals surface area (Å²) in [6, 6.07) is 11.4. The molecule has 2 aromatic carbocycles. The summed E-state index contributed by atoms with van der Waals surface area (Å²) >= 11 is 5.94. The van der Waals surface area contributed by atoms with E-state index in [1.807, 2.05) is 4.90 Å². The van der Waals surface area contributed by atoms with Crippen LogP contribution < -0.4 is 4.90 Å². The molecule has 0 radical (unpaired) electrons. The minimum absolute atomic E-state index is 0.0745. The van der Waals surface area contributed by atoms with Crippen LogP contribution in [0.4, 0.5) is 10.1 Å². The molecule has 0 spiro atoms. The minimum atomic E-state index is -0.415. The summed E-state index contributed by atoms with van der Waals surface area (Å²) in [6.07, 6.45) is 0. The topological polar surface area (TPSA) is 40.6 Å². The van der Waals surface area contributed by atoms with E-state index in [2.05, 4.69) is 0 Å². The van der Waals surface area contributed by atoms with Crippen molar-refractivity contribution >= 4 is 29.0 Å². The summed E-state index contributed by atoms with van der Waals surface area (Å²) in [5.41, 5.74) is 1.37. The number of carbonyl (C=O) groups is 2. The molecule has 1 fully saturated rings. The van der Waals surface area contributed by atoms with Crippen LogP contribution in [0.2, 0.25) is 5.02 Å². The smallest absolute Gasteiger partial charge is 0.254 e. The van der Waals surface area contributed by atoms with Gasteiger partial charge in [-0.1, -0.05) is 17.7 Å². The number of benzene rings is 2. The van der Waals surface area contributed by atoms with Crippen LogP contribution in [0, 0.1) is 5.82 Å². The van der Waals surface area contributed by atoms with Gasteiger partial charge in [-0.05, 0) is 43.3 Å². The fourth-order valence-corrected chi connectivity index (χ4v) is 3.13. The Balaban J connectivity index is 1.68. The zero-order valence-corrected chi connectivity index (χ0v) is 14.6. The number of Topliss-reactive ketones (excluding diaryl/α,β-unsaturated/α-hetero) is 1. The molecule has 6 heteroatoms. The number of hydrogen-bond donors (Lipinski definition) is 0. The molecule has 0 N–H and O–H groups in total. The average molecular weight is 361 g/mol. The van der Waals surface area contributed by atoms with E-state index in [4.69, 9.17) is 11.6 Å². The largest absolute Gasteiger partial charge is 0.366 e. The lowest BCUT2D eigenvalue weighted by Crippen LogP contribution is -2.49. The molecule has 0 bridgehead atoms. The Hall–Kier alpha value is -2.40. The standard InChI is InChI=1S/C19H18ClFN2O2/c1-13(24)14-5-6-18(17(21)12-14)22-7-9-23(10-8-22)19(25)15-3-2-4-16(20)11-15/h2-6,11-12H,7-10H2,1H3. The van der Waals surface area contributed by atoms with Crippen molar-refractivity contribution < 1.29 is 14.0 Å². The van der Waals surface area contributed by atoms with Crippen LogP contribution in [-0.2, 0) is 0 Å². The first kappa shape index (κ1) is 17.4. The summed E-state index contributed by atoms with van der Waals surface area (Å²) in [6.45, 7) is 3.47. The van der Waals surface area contributed by atoms with Gasteiger partial charge in [0.2, 0.25) is 0 Å². The highest BCUT2D eigenvalue weighted by atomic mass is 35.5. The Morgan fingerprint density at radius 3 is 2.32 bits per heavy atom. The van der Waals surface area contributed by atoms with E-state index in [-0.39, 0.29) is 11.7 Å². The van der Waals surface area contributed by atoms with Gasteiger partial charge in [-0.15, -0.1) is 0 Å². The van der Waals surface area contributed by atoms with Gasteiger partial charge in [0.05, 0.1) is 5.69 Å². The van der Waals surface area contributed by atoms with Crippen molar-refractivity contribution in [2.75, 3.05) is 31.1 Å². The highest BCUT2D eigenvalue weighted by Crippen LogP contribution is 2.23. The first-order valence-electron chi connectivity index (χ1n) is 8.06. The number of ketones is 1. The van der Waals surface area contributed by atoms with Gasteiger partial charge in [-0.3, -0.25) is 9.59 Å². The number of carbonyl (C=O) groups excluding carboxylic acids is 2. The van der Waals surface area contributed by atoms with Crippen molar-refractivity contribution in [3.05, 3.63) is 64.4 Å². The highest BCUT2D eigenvalue weighted by molar-refractivity contribution is 6.30. The predicted octanol–water partition coefficient (Wildman–Crippen LogP) is 3.64. The quantitative estimate of drug-likeness (QED) is 0.784. The molecule has 0 aromatic heterocycles. The number of hydrogen-bond acceptors (Lipinski definition) is 3. The van der Waals surface area contributed by atoms with Gasteiger partial charge in [0, 0.05) is 42.3 Å². The number of halogens is 2. The summed E-state index contributed by atoms with van der Waals surface area (Å²) < 4.78 is 14.3. The van der Waals surface area contributed by atoms with Crippen LogP contribution in [0.3, 0.4) is 0 Å². The van der Waals surface area contributed by atoms with E-state index in [0.717, 1.165) is 0 Å². The first-order chi connectivity index (χ1) is 12.0. The normalized spacial score (nSPS) is 14.5. The average Bonchev–Trinajstić information content (AvgIpc) is 2.61. The Bertz CT molecular complexity index is 817. The van der Waals surface area contributed by atoms with Crippen molar-refractivity contribution in [1.29, 1.82) is 0 Å². The van der Waals surface area contributed by atoms with E-state index < -0.39 is 5.82 Å². The molecular weight excluding hydrogens is 343 g/mol. The van der Waals surface area contributed by atoms with Crippen molar-refractivity contribution in [1.82, 2.24) is 4.90 Å². The number of rotatable bonds is 3.